The number of benzene rings is 1. The number of carbonyl (C=O) groups is 1. The van der Waals surface area contributed by atoms with E-state index in [4.69, 9.17) is 4.74 Å². The first-order chi connectivity index (χ1) is 13.2. The third-order valence-corrected chi connectivity index (χ3v) is 5.57. The van der Waals surface area contributed by atoms with Gasteiger partial charge in [0.25, 0.3) is 0 Å². The Morgan fingerprint density at radius 3 is 2.78 bits per heavy atom. The molecule has 0 spiro atoms. The van der Waals surface area contributed by atoms with Crippen LogP contribution in [0.2, 0.25) is 0 Å². The Kier molecular flexibility index (Phi) is 7.25. The lowest BCUT2D eigenvalue weighted by Gasteiger charge is -2.26. The van der Waals surface area contributed by atoms with E-state index in [2.05, 4.69) is 51.0 Å². The van der Waals surface area contributed by atoms with Gasteiger partial charge in [-0.05, 0) is 19.4 Å². The number of hydrogen-bond donors (Lipinski definition) is 1. The zero-order valence-corrected chi connectivity index (χ0v) is 16.8. The topological polar surface area (TPSA) is 72.3 Å². The minimum atomic E-state index is 0.0244. The summed E-state index contributed by atoms with van der Waals surface area (Å²) in [7, 11) is 0. The maximum Gasteiger partial charge on any atom is 0.230 e. The molecule has 0 bridgehead atoms. The number of amides is 1. The fourth-order valence-corrected chi connectivity index (χ4v) is 3.90. The lowest BCUT2D eigenvalue weighted by Crippen LogP contribution is -2.41. The highest BCUT2D eigenvalue weighted by molar-refractivity contribution is 7.99. The van der Waals surface area contributed by atoms with Crippen molar-refractivity contribution in [3.05, 3.63) is 29.8 Å². The van der Waals surface area contributed by atoms with Gasteiger partial charge in [0.15, 0.2) is 11.0 Å². The van der Waals surface area contributed by atoms with Gasteiger partial charge in [-0.1, -0.05) is 36.0 Å². The monoisotopic (exact) mass is 389 g/mol. The Morgan fingerprint density at radius 2 is 2.04 bits per heavy atom. The van der Waals surface area contributed by atoms with E-state index in [0.29, 0.717) is 12.3 Å². The summed E-state index contributed by atoms with van der Waals surface area (Å²) in [5.41, 5.74) is 2.24. The second-order valence-corrected chi connectivity index (χ2v) is 7.40. The average Bonchev–Trinajstić information content (AvgIpc) is 3.10. The van der Waals surface area contributed by atoms with E-state index in [0.717, 1.165) is 61.5 Å². The molecule has 2 aromatic rings. The van der Waals surface area contributed by atoms with Crippen LogP contribution in [0.1, 0.15) is 12.5 Å². The van der Waals surface area contributed by atoms with Gasteiger partial charge < -0.3 is 14.6 Å². The number of carbonyl (C=O) groups excluding carboxylic acids is 1. The Morgan fingerprint density at radius 1 is 1.26 bits per heavy atom. The highest BCUT2D eigenvalue weighted by atomic mass is 32.2. The van der Waals surface area contributed by atoms with E-state index in [-0.39, 0.29) is 5.91 Å². The number of morpholine rings is 1. The molecule has 2 heterocycles. The molecule has 1 aromatic heterocycles. The maximum atomic E-state index is 12.2. The van der Waals surface area contributed by atoms with Gasteiger partial charge in [-0.3, -0.25) is 9.69 Å². The standard InChI is InChI=1S/C19H27N5O2S/c1-3-24-18(16-7-5-4-6-15(16)2)21-22-19(24)27-14-17(25)20-8-9-23-10-12-26-13-11-23/h4-7H,3,8-14H2,1-2H3,(H,20,25). The predicted octanol–water partition coefficient (Wildman–Crippen LogP) is 1.81. The molecule has 0 saturated carbocycles. The number of rotatable bonds is 8. The van der Waals surface area contributed by atoms with Gasteiger partial charge in [0, 0.05) is 38.3 Å². The minimum absolute atomic E-state index is 0.0244. The van der Waals surface area contributed by atoms with E-state index in [9.17, 15) is 4.79 Å². The lowest BCUT2D eigenvalue weighted by molar-refractivity contribution is -0.118. The molecule has 1 aliphatic rings. The van der Waals surface area contributed by atoms with Crippen LogP contribution in [0, 0.1) is 6.92 Å². The largest absolute Gasteiger partial charge is 0.379 e. The third-order valence-electron chi connectivity index (χ3n) is 4.61. The molecule has 7 nitrogen and oxygen atoms in total. The molecule has 1 N–H and O–H groups in total. The predicted molar refractivity (Wildman–Crippen MR) is 107 cm³/mol. The summed E-state index contributed by atoms with van der Waals surface area (Å²) in [5.74, 6) is 1.22. The fraction of sp³-hybridized carbons (Fsp3) is 0.526. The van der Waals surface area contributed by atoms with Crippen molar-refractivity contribution >= 4 is 17.7 Å². The van der Waals surface area contributed by atoms with Crippen LogP contribution in [0.5, 0.6) is 0 Å². The number of aryl methyl sites for hydroxylation is 1. The van der Waals surface area contributed by atoms with E-state index >= 15 is 0 Å². The summed E-state index contributed by atoms with van der Waals surface area (Å²) in [4.78, 5) is 14.5. The van der Waals surface area contributed by atoms with Crippen molar-refractivity contribution in [1.29, 1.82) is 0 Å². The molecule has 1 aromatic carbocycles. The van der Waals surface area contributed by atoms with Crippen LogP contribution in [0.3, 0.4) is 0 Å². The SMILES string of the molecule is CCn1c(SCC(=O)NCCN2CCOCC2)nnc1-c1ccccc1C. The highest BCUT2D eigenvalue weighted by Gasteiger charge is 2.16. The van der Waals surface area contributed by atoms with Crippen molar-refractivity contribution in [1.82, 2.24) is 25.0 Å². The van der Waals surface area contributed by atoms with Gasteiger partial charge >= 0.3 is 0 Å². The van der Waals surface area contributed by atoms with E-state index in [1.807, 2.05) is 12.1 Å². The molecule has 1 saturated heterocycles. The second-order valence-electron chi connectivity index (χ2n) is 6.46. The zero-order valence-electron chi connectivity index (χ0n) is 16.0. The van der Waals surface area contributed by atoms with E-state index in [1.165, 1.54) is 11.8 Å². The molecule has 0 atom stereocenters. The molecule has 0 unspecified atom stereocenters. The van der Waals surface area contributed by atoms with Gasteiger partial charge in [-0.2, -0.15) is 0 Å². The Balaban J connectivity index is 1.52. The van der Waals surface area contributed by atoms with Crippen molar-refractivity contribution in [2.24, 2.45) is 0 Å². The number of thioether (sulfide) groups is 1. The first-order valence-electron chi connectivity index (χ1n) is 9.38. The molecule has 0 aliphatic carbocycles. The zero-order chi connectivity index (χ0) is 19.1. The normalized spacial score (nSPS) is 15.0. The fourth-order valence-electron chi connectivity index (χ4n) is 3.06. The smallest absolute Gasteiger partial charge is 0.230 e. The van der Waals surface area contributed by atoms with Crippen LogP contribution in [0.25, 0.3) is 11.4 Å². The van der Waals surface area contributed by atoms with Gasteiger partial charge in [0.1, 0.15) is 0 Å². The van der Waals surface area contributed by atoms with Gasteiger partial charge in [0.2, 0.25) is 5.91 Å². The number of nitrogens with zero attached hydrogens (tertiary/aromatic N) is 4. The van der Waals surface area contributed by atoms with Gasteiger partial charge in [-0.15, -0.1) is 10.2 Å². The quantitative estimate of drug-likeness (QED) is 0.695. The van der Waals surface area contributed by atoms with Crippen LogP contribution >= 0.6 is 11.8 Å². The molecule has 0 radical (unpaired) electrons. The van der Waals surface area contributed by atoms with Crippen molar-refractivity contribution in [2.75, 3.05) is 45.1 Å². The molecule has 1 fully saturated rings. The number of ether oxygens (including phenoxy) is 1. The molecule has 1 amide bonds. The summed E-state index contributed by atoms with van der Waals surface area (Å²) in [5, 5.41) is 12.4. The Bertz CT molecular complexity index is 758. The van der Waals surface area contributed by atoms with Crippen molar-refractivity contribution in [3.8, 4) is 11.4 Å². The Labute approximate surface area is 164 Å². The first-order valence-corrected chi connectivity index (χ1v) is 10.4. The number of aromatic nitrogens is 3. The summed E-state index contributed by atoms with van der Waals surface area (Å²) < 4.78 is 7.39. The molecule has 8 heteroatoms. The minimum Gasteiger partial charge on any atom is -0.379 e. The van der Waals surface area contributed by atoms with Gasteiger partial charge in [0.05, 0.1) is 19.0 Å². The van der Waals surface area contributed by atoms with Crippen LogP contribution in [0.15, 0.2) is 29.4 Å². The van der Waals surface area contributed by atoms with Crippen LogP contribution in [-0.2, 0) is 16.1 Å². The third kappa shape index (κ3) is 5.31. The van der Waals surface area contributed by atoms with Crippen LogP contribution in [-0.4, -0.2) is 70.7 Å². The number of hydrogen-bond acceptors (Lipinski definition) is 6. The molecular formula is C19H27N5O2S. The van der Waals surface area contributed by atoms with Crippen LogP contribution < -0.4 is 5.32 Å². The number of nitrogens with one attached hydrogen (secondary N) is 1. The summed E-state index contributed by atoms with van der Waals surface area (Å²) >= 11 is 1.43. The van der Waals surface area contributed by atoms with Gasteiger partial charge in [-0.25, -0.2) is 0 Å². The molecule has 3 rings (SSSR count). The molecule has 146 valence electrons. The molecule has 1 aliphatic heterocycles. The summed E-state index contributed by atoms with van der Waals surface area (Å²) in [6.45, 7) is 9.85. The van der Waals surface area contributed by atoms with Crippen molar-refractivity contribution < 1.29 is 9.53 Å². The van der Waals surface area contributed by atoms with Crippen LogP contribution in [0.4, 0.5) is 0 Å². The summed E-state index contributed by atoms with van der Waals surface area (Å²) in [6.07, 6.45) is 0. The Hall–Kier alpha value is -1.90. The van der Waals surface area contributed by atoms with E-state index < -0.39 is 0 Å². The lowest BCUT2D eigenvalue weighted by atomic mass is 10.1. The first kappa shape index (κ1) is 19.9. The summed E-state index contributed by atoms with van der Waals surface area (Å²) in [6, 6.07) is 8.14. The van der Waals surface area contributed by atoms with Crippen molar-refractivity contribution in [3.63, 3.8) is 0 Å². The molecule has 27 heavy (non-hydrogen) atoms. The maximum absolute atomic E-state index is 12.2. The molecular weight excluding hydrogens is 362 g/mol. The second kappa shape index (κ2) is 9.87. The average molecular weight is 390 g/mol. The van der Waals surface area contributed by atoms with Crippen molar-refractivity contribution in [2.45, 2.75) is 25.5 Å². The van der Waals surface area contributed by atoms with E-state index in [1.54, 1.807) is 0 Å². The highest BCUT2D eigenvalue weighted by Crippen LogP contribution is 2.26.